The van der Waals surface area contributed by atoms with Crippen molar-refractivity contribution in [2.75, 3.05) is 18.4 Å². The molecule has 8 nitrogen and oxygen atoms in total. The first-order valence-electron chi connectivity index (χ1n) is 11.6. The number of amides is 2. The summed E-state index contributed by atoms with van der Waals surface area (Å²) in [5.74, 6) is -0.886. The predicted molar refractivity (Wildman–Crippen MR) is 127 cm³/mol. The van der Waals surface area contributed by atoms with Gasteiger partial charge in [-0.1, -0.05) is 19.9 Å². The number of rotatable bonds is 5. The molecule has 2 amide bonds. The second-order valence-electron chi connectivity index (χ2n) is 9.61. The zero-order valence-electron chi connectivity index (χ0n) is 19.8. The summed E-state index contributed by atoms with van der Waals surface area (Å²) in [6, 6.07) is 7.35. The van der Waals surface area contributed by atoms with Gasteiger partial charge in [0.05, 0.1) is 34.1 Å². The van der Waals surface area contributed by atoms with Crippen LogP contribution >= 0.6 is 0 Å². The van der Waals surface area contributed by atoms with E-state index in [1.165, 1.54) is 39.9 Å². The van der Waals surface area contributed by atoms with E-state index < -0.39 is 29.3 Å². The standard InChI is InChI=1S/C25H27F3N4O4/c1-15(2)13-24(36)6-8-31(9-7-24)23(35)30-17-11-20(25(26,27)28)19-14-29-32(21(19)12-17)18-5-3-4-16(10-18)22(33)34/h3-5,10-12,14-15,36H,6-9,13H2,1-2H3,(H,30,35)(H,33,34). The number of nitrogens with one attached hydrogen (secondary N) is 1. The lowest BCUT2D eigenvalue weighted by Gasteiger charge is -2.39. The minimum atomic E-state index is -4.71. The fourth-order valence-corrected chi connectivity index (χ4v) is 4.70. The lowest BCUT2D eigenvalue weighted by atomic mass is 9.84. The Labute approximate surface area is 205 Å². The smallest absolute Gasteiger partial charge is 0.417 e. The number of hydrogen-bond donors (Lipinski definition) is 3. The molecule has 1 aliphatic rings. The molecule has 0 spiro atoms. The van der Waals surface area contributed by atoms with Crippen molar-refractivity contribution >= 4 is 28.6 Å². The number of anilines is 1. The summed E-state index contributed by atoms with van der Waals surface area (Å²) in [4.78, 5) is 25.7. The molecule has 1 aliphatic heterocycles. The molecule has 0 saturated carbocycles. The Bertz CT molecular complexity index is 1290. The van der Waals surface area contributed by atoms with Crippen molar-refractivity contribution in [3.8, 4) is 5.69 Å². The number of halogens is 3. The Morgan fingerprint density at radius 2 is 1.86 bits per heavy atom. The zero-order valence-corrected chi connectivity index (χ0v) is 19.8. The van der Waals surface area contributed by atoms with Gasteiger partial charge in [-0.2, -0.15) is 18.3 Å². The van der Waals surface area contributed by atoms with Crippen LogP contribution in [0.5, 0.6) is 0 Å². The van der Waals surface area contributed by atoms with E-state index in [1.54, 1.807) is 0 Å². The first-order chi connectivity index (χ1) is 16.9. The molecular weight excluding hydrogens is 477 g/mol. The van der Waals surface area contributed by atoms with Crippen LogP contribution in [-0.4, -0.2) is 55.6 Å². The van der Waals surface area contributed by atoms with Crippen molar-refractivity contribution in [3.05, 3.63) is 53.7 Å². The normalized spacial score (nSPS) is 15.9. The van der Waals surface area contributed by atoms with E-state index in [9.17, 15) is 33.0 Å². The number of hydrogen-bond acceptors (Lipinski definition) is 4. The summed E-state index contributed by atoms with van der Waals surface area (Å²) in [7, 11) is 0. The number of benzene rings is 2. The van der Waals surface area contributed by atoms with Crippen molar-refractivity contribution in [3.63, 3.8) is 0 Å². The fraction of sp³-hybridized carbons (Fsp3) is 0.400. The Hall–Kier alpha value is -3.60. The number of carboxylic acids is 1. The van der Waals surface area contributed by atoms with Gasteiger partial charge in [-0.3, -0.25) is 0 Å². The van der Waals surface area contributed by atoms with Crippen LogP contribution in [-0.2, 0) is 6.18 Å². The molecule has 2 aromatic carbocycles. The fourth-order valence-electron chi connectivity index (χ4n) is 4.70. The Morgan fingerprint density at radius 3 is 2.47 bits per heavy atom. The third-order valence-corrected chi connectivity index (χ3v) is 6.35. The van der Waals surface area contributed by atoms with Gasteiger partial charge >= 0.3 is 18.2 Å². The van der Waals surface area contributed by atoms with Gasteiger partial charge < -0.3 is 20.4 Å². The first-order valence-corrected chi connectivity index (χ1v) is 11.6. The quantitative estimate of drug-likeness (QED) is 0.446. The highest BCUT2D eigenvalue weighted by molar-refractivity contribution is 5.95. The maximum absolute atomic E-state index is 13.9. The molecule has 0 bridgehead atoms. The zero-order chi connectivity index (χ0) is 26.3. The van der Waals surface area contributed by atoms with Crippen molar-refractivity contribution in [2.24, 2.45) is 5.92 Å². The Morgan fingerprint density at radius 1 is 1.17 bits per heavy atom. The molecule has 0 radical (unpaired) electrons. The van der Waals surface area contributed by atoms with Crippen LogP contribution in [0.4, 0.5) is 23.7 Å². The lowest BCUT2D eigenvalue weighted by Crippen LogP contribution is -2.48. The number of piperidine rings is 1. The molecule has 1 saturated heterocycles. The monoisotopic (exact) mass is 504 g/mol. The summed E-state index contributed by atoms with van der Waals surface area (Å²) >= 11 is 0. The number of aliphatic hydroxyl groups is 1. The van der Waals surface area contributed by atoms with E-state index in [1.807, 2.05) is 13.8 Å². The molecule has 1 fully saturated rings. The summed E-state index contributed by atoms with van der Waals surface area (Å²) < 4.78 is 42.9. The highest BCUT2D eigenvalue weighted by atomic mass is 19.4. The van der Waals surface area contributed by atoms with Crippen molar-refractivity contribution in [1.29, 1.82) is 0 Å². The molecule has 4 rings (SSSR count). The molecule has 2 heterocycles. The number of urea groups is 1. The number of nitrogens with zero attached hydrogens (tertiary/aromatic N) is 3. The third kappa shape index (κ3) is 5.30. The molecule has 36 heavy (non-hydrogen) atoms. The second-order valence-corrected chi connectivity index (χ2v) is 9.61. The third-order valence-electron chi connectivity index (χ3n) is 6.35. The van der Waals surface area contributed by atoms with E-state index in [0.717, 1.165) is 12.3 Å². The number of aromatic carboxylic acids is 1. The summed E-state index contributed by atoms with van der Waals surface area (Å²) in [6.45, 7) is 4.58. The highest BCUT2D eigenvalue weighted by Crippen LogP contribution is 2.38. The van der Waals surface area contributed by atoms with Gasteiger partial charge in [0.25, 0.3) is 0 Å². The van der Waals surface area contributed by atoms with Gasteiger partial charge in [0.1, 0.15) is 0 Å². The van der Waals surface area contributed by atoms with Gasteiger partial charge in [0.15, 0.2) is 0 Å². The minimum Gasteiger partial charge on any atom is -0.478 e. The van der Waals surface area contributed by atoms with Crippen LogP contribution in [0.2, 0.25) is 0 Å². The number of carbonyl (C=O) groups excluding carboxylic acids is 1. The van der Waals surface area contributed by atoms with Gasteiger partial charge in [-0.25, -0.2) is 14.3 Å². The van der Waals surface area contributed by atoms with E-state index in [4.69, 9.17) is 0 Å². The highest BCUT2D eigenvalue weighted by Gasteiger charge is 2.36. The average Bonchev–Trinajstić information content (AvgIpc) is 3.21. The van der Waals surface area contributed by atoms with Crippen molar-refractivity contribution in [2.45, 2.75) is 44.9 Å². The predicted octanol–water partition coefficient (Wildman–Crippen LogP) is 5.15. The number of aromatic nitrogens is 2. The average molecular weight is 505 g/mol. The maximum Gasteiger partial charge on any atom is 0.417 e. The molecule has 0 aliphatic carbocycles. The number of likely N-dealkylation sites (tertiary alicyclic amines) is 1. The lowest BCUT2D eigenvalue weighted by molar-refractivity contribution is -0.136. The van der Waals surface area contributed by atoms with Gasteiger partial charge in [0.2, 0.25) is 0 Å². The molecule has 192 valence electrons. The van der Waals surface area contributed by atoms with Crippen LogP contribution in [0.3, 0.4) is 0 Å². The van der Waals surface area contributed by atoms with E-state index >= 15 is 0 Å². The van der Waals surface area contributed by atoms with Crippen LogP contribution in [0.25, 0.3) is 16.6 Å². The molecule has 0 atom stereocenters. The van der Waals surface area contributed by atoms with Crippen LogP contribution < -0.4 is 5.32 Å². The molecular formula is C25H27F3N4O4. The second kappa shape index (κ2) is 9.45. The molecule has 3 aromatic rings. The number of alkyl halides is 3. The minimum absolute atomic E-state index is 0.0424. The summed E-state index contributed by atoms with van der Waals surface area (Å²) in [5, 5.41) is 26.4. The molecule has 11 heteroatoms. The SMILES string of the molecule is CC(C)CC1(O)CCN(C(=O)Nc2cc(C(F)(F)F)c3cnn(-c4cccc(C(=O)O)c4)c3c2)CC1. The van der Waals surface area contributed by atoms with Crippen molar-refractivity contribution in [1.82, 2.24) is 14.7 Å². The van der Waals surface area contributed by atoms with Gasteiger partial charge in [-0.05, 0) is 55.5 Å². The number of carbonyl (C=O) groups is 2. The largest absolute Gasteiger partial charge is 0.478 e. The van der Waals surface area contributed by atoms with E-state index in [2.05, 4.69) is 10.4 Å². The summed E-state index contributed by atoms with van der Waals surface area (Å²) in [6.07, 6.45) is -2.26. The number of carboxylic acid groups (broad SMARTS) is 1. The Kier molecular flexibility index (Phi) is 6.70. The maximum atomic E-state index is 13.9. The first kappa shape index (κ1) is 25.5. The van der Waals surface area contributed by atoms with Gasteiger partial charge in [0, 0.05) is 24.2 Å². The number of fused-ring (bicyclic) bond motifs is 1. The van der Waals surface area contributed by atoms with Crippen LogP contribution in [0.15, 0.2) is 42.6 Å². The van der Waals surface area contributed by atoms with Crippen LogP contribution in [0, 0.1) is 5.92 Å². The molecule has 3 N–H and O–H groups in total. The molecule has 0 unspecified atom stereocenters. The van der Waals surface area contributed by atoms with Crippen molar-refractivity contribution < 1.29 is 33.0 Å². The van der Waals surface area contributed by atoms with E-state index in [0.29, 0.717) is 25.2 Å². The Balaban J connectivity index is 1.65. The van der Waals surface area contributed by atoms with Gasteiger partial charge in [-0.15, -0.1) is 0 Å². The summed E-state index contributed by atoms with van der Waals surface area (Å²) in [5.41, 5.74) is -1.61. The van der Waals surface area contributed by atoms with E-state index in [-0.39, 0.29) is 40.9 Å². The van der Waals surface area contributed by atoms with Crippen LogP contribution in [0.1, 0.15) is 49.0 Å². The topological polar surface area (TPSA) is 108 Å². The molecule has 1 aromatic heterocycles.